The molecule has 1 aromatic heterocycles. The summed E-state index contributed by atoms with van der Waals surface area (Å²) in [4.78, 5) is 4.56. The third kappa shape index (κ3) is 1.74. The SMILES string of the molecule is CC(C)(C)c1ccc2c(n1)OCCC2. The van der Waals surface area contributed by atoms with Gasteiger partial charge in [-0.3, -0.25) is 0 Å². The van der Waals surface area contributed by atoms with Crippen LogP contribution in [0.5, 0.6) is 5.88 Å². The van der Waals surface area contributed by atoms with Crippen LogP contribution in [-0.4, -0.2) is 11.6 Å². The van der Waals surface area contributed by atoms with E-state index in [1.807, 2.05) is 0 Å². The van der Waals surface area contributed by atoms with Crippen LogP contribution in [0, 0.1) is 0 Å². The number of fused-ring (bicyclic) bond motifs is 1. The first-order valence-electron chi connectivity index (χ1n) is 5.20. The Labute approximate surface area is 85.3 Å². The lowest BCUT2D eigenvalue weighted by atomic mass is 9.91. The molecule has 14 heavy (non-hydrogen) atoms. The third-order valence-corrected chi connectivity index (χ3v) is 2.54. The number of hydrogen-bond donors (Lipinski definition) is 0. The van der Waals surface area contributed by atoms with Crippen molar-refractivity contribution < 1.29 is 4.74 Å². The van der Waals surface area contributed by atoms with Crippen LogP contribution in [0.3, 0.4) is 0 Å². The lowest BCUT2D eigenvalue weighted by Gasteiger charge is -2.22. The van der Waals surface area contributed by atoms with Crippen molar-refractivity contribution in [3.05, 3.63) is 23.4 Å². The van der Waals surface area contributed by atoms with E-state index >= 15 is 0 Å². The van der Waals surface area contributed by atoms with Crippen LogP contribution < -0.4 is 4.74 Å². The Bertz CT molecular complexity index is 339. The number of hydrogen-bond acceptors (Lipinski definition) is 2. The normalized spacial score (nSPS) is 15.9. The first-order chi connectivity index (χ1) is 6.57. The summed E-state index contributed by atoms with van der Waals surface area (Å²) in [5, 5.41) is 0. The largest absolute Gasteiger partial charge is 0.477 e. The lowest BCUT2D eigenvalue weighted by molar-refractivity contribution is 0.274. The summed E-state index contributed by atoms with van der Waals surface area (Å²) in [5.74, 6) is 0.851. The zero-order valence-electron chi connectivity index (χ0n) is 9.13. The number of aryl methyl sites for hydroxylation is 1. The molecule has 2 heteroatoms. The molecule has 1 aliphatic heterocycles. The van der Waals surface area contributed by atoms with Crippen molar-refractivity contribution in [2.75, 3.05) is 6.61 Å². The van der Waals surface area contributed by atoms with Crippen molar-refractivity contribution in [3.63, 3.8) is 0 Å². The van der Waals surface area contributed by atoms with Gasteiger partial charge in [0.05, 0.1) is 6.61 Å². The van der Waals surface area contributed by atoms with Crippen LogP contribution in [0.15, 0.2) is 12.1 Å². The highest BCUT2D eigenvalue weighted by Gasteiger charge is 2.19. The van der Waals surface area contributed by atoms with Gasteiger partial charge in [0.25, 0.3) is 0 Å². The van der Waals surface area contributed by atoms with Gasteiger partial charge in [0.1, 0.15) is 0 Å². The molecule has 0 spiro atoms. The molecule has 0 bridgehead atoms. The van der Waals surface area contributed by atoms with Crippen molar-refractivity contribution in [1.29, 1.82) is 0 Å². The van der Waals surface area contributed by atoms with Crippen molar-refractivity contribution in [2.24, 2.45) is 0 Å². The number of ether oxygens (including phenoxy) is 1. The molecule has 0 fully saturated rings. The van der Waals surface area contributed by atoms with E-state index in [2.05, 4.69) is 37.9 Å². The molecule has 2 rings (SSSR count). The Morgan fingerprint density at radius 3 is 2.79 bits per heavy atom. The molecule has 0 N–H and O–H groups in total. The monoisotopic (exact) mass is 191 g/mol. The molecular weight excluding hydrogens is 174 g/mol. The average Bonchev–Trinajstić information content (AvgIpc) is 2.16. The average molecular weight is 191 g/mol. The van der Waals surface area contributed by atoms with Crippen molar-refractivity contribution in [2.45, 2.75) is 39.0 Å². The second-order valence-corrected chi connectivity index (χ2v) is 4.86. The molecule has 76 valence electrons. The fraction of sp³-hybridized carbons (Fsp3) is 0.583. The van der Waals surface area contributed by atoms with Crippen LogP contribution >= 0.6 is 0 Å². The van der Waals surface area contributed by atoms with Gasteiger partial charge in [-0.2, -0.15) is 0 Å². The summed E-state index contributed by atoms with van der Waals surface area (Å²) < 4.78 is 5.55. The van der Waals surface area contributed by atoms with Crippen molar-refractivity contribution in [3.8, 4) is 5.88 Å². The number of nitrogens with zero attached hydrogens (tertiary/aromatic N) is 1. The predicted molar refractivity (Wildman–Crippen MR) is 56.8 cm³/mol. The highest BCUT2D eigenvalue weighted by Crippen LogP contribution is 2.27. The van der Waals surface area contributed by atoms with Crippen molar-refractivity contribution in [1.82, 2.24) is 4.98 Å². The zero-order chi connectivity index (χ0) is 10.2. The predicted octanol–water partition coefficient (Wildman–Crippen LogP) is 2.70. The number of aromatic nitrogens is 1. The molecule has 0 amide bonds. The second kappa shape index (κ2) is 3.26. The quantitative estimate of drug-likeness (QED) is 0.629. The van der Waals surface area contributed by atoms with Gasteiger partial charge in [0.2, 0.25) is 5.88 Å². The Kier molecular flexibility index (Phi) is 2.22. The van der Waals surface area contributed by atoms with E-state index in [1.54, 1.807) is 0 Å². The molecule has 1 aromatic rings. The van der Waals surface area contributed by atoms with Crippen LogP contribution in [0.4, 0.5) is 0 Å². The first kappa shape index (κ1) is 9.50. The Hall–Kier alpha value is -1.05. The molecule has 0 saturated heterocycles. The molecule has 2 heterocycles. The molecule has 2 nitrogen and oxygen atoms in total. The topological polar surface area (TPSA) is 22.1 Å². The Balaban J connectivity index is 2.39. The maximum atomic E-state index is 5.55. The fourth-order valence-electron chi connectivity index (χ4n) is 1.63. The van der Waals surface area contributed by atoms with Gasteiger partial charge in [-0.05, 0) is 18.9 Å². The second-order valence-electron chi connectivity index (χ2n) is 4.86. The minimum absolute atomic E-state index is 0.107. The number of pyridine rings is 1. The van der Waals surface area contributed by atoms with Gasteiger partial charge >= 0.3 is 0 Å². The van der Waals surface area contributed by atoms with Crippen molar-refractivity contribution >= 4 is 0 Å². The van der Waals surface area contributed by atoms with E-state index in [1.165, 1.54) is 5.56 Å². The van der Waals surface area contributed by atoms with Gasteiger partial charge in [0.15, 0.2) is 0 Å². The van der Waals surface area contributed by atoms with Crippen LogP contribution in [-0.2, 0) is 11.8 Å². The Morgan fingerprint density at radius 1 is 1.29 bits per heavy atom. The van der Waals surface area contributed by atoms with Crippen LogP contribution in [0.25, 0.3) is 0 Å². The van der Waals surface area contributed by atoms with Crippen LogP contribution in [0.1, 0.15) is 38.4 Å². The smallest absolute Gasteiger partial charge is 0.216 e. The van der Waals surface area contributed by atoms with Crippen LogP contribution in [0.2, 0.25) is 0 Å². The van der Waals surface area contributed by atoms with Gasteiger partial charge in [0, 0.05) is 16.7 Å². The summed E-state index contributed by atoms with van der Waals surface area (Å²) in [6, 6.07) is 4.27. The molecule has 0 radical (unpaired) electrons. The highest BCUT2D eigenvalue weighted by molar-refractivity contribution is 5.31. The van der Waals surface area contributed by atoms with Gasteiger partial charge in [-0.15, -0.1) is 0 Å². The maximum absolute atomic E-state index is 5.55. The summed E-state index contributed by atoms with van der Waals surface area (Å²) in [7, 11) is 0. The maximum Gasteiger partial charge on any atom is 0.216 e. The van der Waals surface area contributed by atoms with E-state index < -0.39 is 0 Å². The first-order valence-corrected chi connectivity index (χ1v) is 5.20. The van der Waals surface area contributed by atoms with E-state index in [0.717, 1.165) is 31.0 Å². The lowest BCUT2D eigenvalue weighted by Crippen LogP contribution is -2.17. The molecule has 0 unspecified atom stereocenters. The summed E-state index contributed by atoms with van der Waals surface area (Å²) >= 11 is 0. The Morgan fingerprint density at radius 2 is 2.07 bits per heavy atom. The van der Waals surface area contributed by atoms with Gasteiger partial charge in [-0.25, -0.2) is 4.98 Å². The minimum atomic E-state index is 0.107. The summed E-state index contributed by atoms with van der Waals surface area (Å²) in [6.07, 6.45) is 2.22. The minimum Gasteiger partial charge on any atom is -0.477 e. The molecule has 0 atom stereocenters. The highest BCUT2D eigenvalue weighted by atomic mass is 16.5. The third-order valence-electron chi connectivity index (χ3n) is 2.54. The van der Waals surface area contributed by atoms with E-state index in [0.29, 0.717) is 0 Å². The standard InChI is InChI=1S/C12H17NO/c1-12(2,3)10-7-6-9-5-4-8-14-11(9)13-10/h6-7H,4-5,8H2,1-3H3. The molecule has 0 aliphatic carbocycles. The number of rotatable bonds is 0. The molecular formula is C12H17NO. The summed E-state index contributed by atoms with van der Waals surface area (Å²) in [6.45, 7) is 7.33. The van der Waals surface area contributed by atoms with E-state index in [9.17, 15) is 0 Å². The van der Waals surface area contributed by atoms with E-state index in [4.69, 9.17) is 4.74 Å². The molecule has 1 aliphatic rings. The summed E-state index contributed by atoms with van der Waals surface area (Å²) in [5.41, 5.74) is 2.47. The molecule has 0 aromatic carbocycles. The van der Waals surface area contributed by atoms with E-state index in [-0.39, 0.29) is 5.41 Å². The zero-order valence-corrected chi connectivity index (χ0v) is 9.13. The van der Waals surface area contributed by atoms with Gasteiger partial charge in [-0.1, -0.05) is 26.8 Å². The molecule has 0 saturated carbocycles. The van der Waals surface area contributed by atoms with Gasteiger partial charge < -0.3 is 4.74 Å². The fourth-order valence-corrected chi connectivity index (χ4v) is 1.63.